The lowest BCUT2D eigenvalue weighted by Gasteiger charge is -2.29. The fraction of sp³-hybridized carbons (Fsp3) is 0.200. The van der Waals surface area contributed by atoms with Crippen molar-refractivity contribution in [2.45, 2.75) is 4.90 Å². The number of thioether (sulfide) groups is 1. The van der Waals surface area contributed by atoms with Crippen LogP contribution >= 0.6 is 24.0 Å². The summed E-state index contributed by atoms with van der Waals surface area (Å²) in [5.41, 5.74) is 0.904. The number of para-hydroxylation sites is 1. The van der Waals surface area contributed by atoms with E-state index in [2.05, 4.69) is 0 Å². The van der Waals surface area contributed by atoms with Gasteiger partial charge in [-0.05, 0) is 12.1 Å². The van der Waals surface area contributed by atoms with Gasteiger partial charge in [-0.1, -0.05) is 24.4 Å². The molecule has 0 radical (unpaired) electrons. The number of nitrogens with zero attached hydrogens (tertiary/aromatic N) is 1. The Morgan fingerprint density at radius 1 is 1.53 bits per heavy atom. The lowest BCUT2D eigenvalue weighted by Crippen LogP contribution is -2.38. The first-order chi connectivity index (χ1) is 7.18. The third-order valence-electron chi connectivity index (χ3n) is 2.10. The van der Waals surface area contributed by atoms with Crippen molar-refractivity contribution in [1.82, 2.24) is 0 Å². The molecule has 0 unspecified atom stereocenters. The van der Waals surface area contributed by atoms with Crippen LogP contribution in [0.2, 0.25) is 0 Å². The van der Waals surface area contributed by atoms with E-state index in [0.717, 1.165) is 10.6 Å². The van der Waals surface area contributed by atoms with Crippen molar-refractivity contribution in [3.63, 3.8) is 0 Å². The van der Waals surface area contributed by atoms with Crippen LogP contribution in [-0.4, -0.2) is 28.4 Å². The van der Waals surface area contributed by atoms with Gasteiger partial charge in [-0.3, -0.25) is 4.79 Å². The molecule has 0 atom stereocenters. The normalized spacial score (nSPS) is 14.9. The molecule has 0 saturated heterocycles. The Bertz CT molecular complexity index is 420. The van der Waals surface area contributed by atoms with Crippen LogP contribution in [-0.2, 0) is 4.79 Å². The van der Waals surface area contributed by atoms with E-state index in [1.54, 1.807) is 16.7 Å². The summed E-state index contributed by atoms with van der Waals surface area (Å²) in [6.45, 7) is -0.0591. The van der Waals surface area contributed by atoms with Gasteiger partial charge in [0.1, 0.15) is 6.54 Å². The Hall–Kier alpha value is -1.07. The Morgan fingerprint density at radius 2 is 2.27 bits per heavy atom. The summed E-state index contributed by atoms with van der Waals surface area (Å²) in [6, 6.07) is 7.72. The van der Waals surface area contributed by atoms with Gasteiger partial charge in [-0.15, -0.1) is 11.8 Å². The minimum Gasteiger partial charge on any atom is -0.480 e. The number of thiocarbonyl (C=S) groups is 1. The fourth-order valence-corrected chi connectivity index (χ4v) is 2.74. The van der Waals surface area contributed by atoms with Crippen LogP contribution in [0, 0.1) is 0 Å². The second-order valence-corrected chi connectivity index (χ2v) is 4.62. The number of rotatable bonds is 2. The maximum Gasteiger partial charge on any atom is 0.323 e. The molecule has 1 aromatic carbocycles. The standard InChI is InChI=1S/C10H9NO2S2/c12-10(13)5-11-7-3-1-2-4-8(7)15-6-9(11)14/h1-4H,5-6H2,(H,12,13). The van der Waals surface area contributed by atoms with Crippen molar-refractivity contribution >= 4 is 40.6 Å². The average molecular weight is 239 g/mol. The van der Waals surface area contributed by atoms with Crippen molar-refractivity contribution in [1.29, 1.82) is 0 Å². The summed E-state index contributed by atoms with van der Waals surface area (Å²) < 4.78 is 0. The highest BCUT2D eigenvalue weighted by atomic mass is 32.2. The molecule has 1 aliphatic heterocycles. The van der Waals surface area contributed by atoms with Crippen LogP contribution in [0.4, 0.5) is 5.69 Å². The molecule has 3 nitrogen and oxygen atoms in total. The molecule has 1 N–H and O–H groups in total. The minimum atomic E-state index is -0.862. The fourth-order valence-electron chi connectivity index (χ4n) is 1.46. The van der Waals surface area contributed by atoms with Gasteiger partial charge in [0.2, 0.25) is 0 Å². The lowest BCUT2D eigenvalue weighted by molar-refractivity contribution is -0.135. The van der Waals surface area contributed by atoms with E-state index < -0.39 is 5.97 Å². The molecule has 78 valence electrons. The van der Waals surface area contributed by atoms with Gasteiger partial charge in [0.15, 0.2) is 0 Å². The van der Waals surface area contributed by atoms with Crippen LogP contribution in [0.5, 0.6) is 0 Å². The second kappa shape index (κ2) is 4.20. The number of aliphatic carboxylic acids is 1. The van der Waals surface area contributed by atoms with Crippen LogP contribution in [0.3, 0.4) is 0 Å². The van der Waals surface area contributed by atoms with Crippen molar-refractivity contribution in [3.8, 4) is 0 Å². The minimum absolute atomic E-state index is 0.0591. The summed E-state index contributed by atoms with van der Waals surface area (Å²) in [5.74, 6) is -0.182. The van der Waals surface area contributed by atoms with Gasteiger partial charge in [0.25, 0.3) is 0 Å². The molecule has 0 saturated carbocycles. The highest BCUT2D eigenvalue weighted by Gasteiger charge is 2.22. The second-order valence-electron chi connectivity index (χ2n) is 3.13. The van der Waals surface area contributed by atoms with E-state index in [1.165, 1.54) is 0 Å². The Labute approximate surface area is 97.1 Å². The van der Waals surface area contributed by atoms with Gasteiger partial charge in [-0.2, -0.15) is 0 Å². The quantitative estimate of drug-likeness (QED) is 0.799. The summed E-state index contributed by atoms with van der Waals surface area (Å²) in [4.78, 5) is 14.2. The molecule has 0 aromatic heterocycles. The van der Waals surface area contributed by atoms with Crippen molar-refractivity contribution in [2.24, 2.45) is 0 Å². The molecule has 15 heavy (non-hydrogen) atoms. The van der Waals surface area contributed by atoms with Crippen LogP contribution in [0.25, 0.3) is 0 Å². The molecular weight excluding hydrogens is 230 g/mol. The topological polar surface area (TPSA) is 40.5 Å². The smallest absolute Gasteiger partial charge is 0.323 e. The monoisotopic (exact) mass is 239 g/mol. The number of anilines is 1. The van der Waals surface area contributed by atoms with Gasteiger partial charge in [0, 0.05) is 10.6 Å². The van der Waals surface area contributed by atoms with E-state index >= 15 is 0 Å². The number of hydrogen-bond donors (Lipinski definition) is 1. The predicted molar refractivity (Wildman–Crippen MR) is 64.7 cm³/mol. The maximum absolute atomic E-state index is 10.7. The Morgan fingerprint density at radius 3 is 3.00 bits per heavy atom. The Kier molecular flexibility index (Phi) is 2.93. The Balaban J connectivity index is 2.37. The molecule has 0 spiro atoms. The van der Waals surface area contributed by atoms with Gasteiger partial charge in [0.05, 0.1) is 10.7 Å². The molecule has 1 aromatic rings. The summed E-state index contributed by atoms with van der Waals surface area (Å²) in [7, 11) is 0. The third kappa shape index (κ3) is 2.13. The SMILES string of the molecule is O=C(O)CN1C(=S)CSc2ccccc21. The number of hydrogen-bond acceptors (Lipinski definition) is 3. The van der Waals surface area contributed by atoms with Crippen LogP contribution in [0.15, 0.2) is 29.2 Å². The van der Waals surface area contributed by atoms with Gasteiger partial charge >= 0.3 is 5.97 Å². The molecule has 1 heterocycles. The maximum atomic E-state index is 10.7. The van der Waals surface area contributed by atoms with E-state index in [1.807, 2.05) is 24.3 Å². The molecule has 0 bridgehead atoms. The number of carboxylic acid groups (broad SMARTS) is 1. The highest BCUT2D eigenvalue weighted by molar-refractivity contribution is 8.01. The van der Waals surface area contributed by atoms with E-state index in [9.17, 15) is 4.79 Å². The third-order valence-corrected chi connectivity index (χ3v) is 3.72. The molecule has 1 aliphatic rings. The molecule has 0 amide bonds. The number of fused-ring (bicyclic) bond motifs is 1. The first kappa shape index (κ1) is 10.4. The molecular formula is C10H9NO2S2. The zero-order valence-corrected chi connectivity index (χ0v) is 9.48. The molecule has 5 heteroatoms. The summed E-state index contributed by atoms with van der Waals surface area (Å²) in [5, 5.41) is 8.80. The summed E-state index contributed by atoms with van der Waals surface area (Å²) >= 11 is 6.82. The number of benzene rings is 1. The van der Waals surface area contributed by atoms with E-state index in [0.29, 0.717) is 10.7 Å². The average Bonchev–Trinajstić information content (AvgIpc) is 2.22. The largest absolute Gasteiger partial charge is 0.480 e. The zero-order chi connectivity index (χ0) is 10.8. The predicted octanol–water partition coefficient (Wildman–Crippen LogP) is 2.01. The molecule has 0 fully saturated rings. The van der Waals surface area contributed by atoms with Crippen LogP contribution < -0.4 is 4.90 Å². The zero-order valence-electron chi connectivity index (χ0n) is 7.84. The number of carbonyl (C=O) groups is 1. The first-order valence-corrected chi connectivity index (χ1v) is 5.82. The summed E-state index contributed by atoms with van der Waals surface area (Å²) in [6.07, 6.45) is 0. The van der Waals surface area contributed by atoms with Crippen LogP contribution in [0.1, 0.15) is 0 Å². The van der Waals surface area contributed by atoms with Gasteiger partial charge < -0.3 is 10.0 Å². The first-order valence-electron chi connectivity index (χ1n) is 4.42. The van der Waals surface area contributed by atoms with Crippen molar-refractivity contribution in [2.75, 3.05) is 17.2 Å². The van der Waals surface area contributed by atoms with E-state index in [-0.39, 0.29) is 6.54 Å². The van der Waals surface area contributed by atoms with Crippen molar-refractivity contribution < 1.29 is 9.90 Å². The van der Waals surface area contributed by atoms with Crippen molar-refractivity contribution in [3.05, 3.63) is 24.3 Å². The molecule has 2 rings (SSSR count). The number of carboxylic acids is 1. The molecule has 0 aliphatic carbocycles. The van der Waals surface area contributed by atoms with E-state index in [4.69, 9.17) is 17.3 Å². The van der Waals surface area contributed by atoms with Gasteiger partial charge in [-0.25, -0.2) is 0 Å². The highest BCUT2D eigenvalue weighted by Crippen LogP contribution is 2.35. The lowest BCUT2D eigenvalue weighted by atomic mass is 10.2.